The number of aromatic nitrogens is 2. The van der Waals surface area contributed by atoms with E-state index >= 15 is 0 Å². The van der Waals surface area contributed by atoms with Crippen molar-refractivity contribution in [2.75, 3.05) is 32.0 Å². The zero-order chi connectivity index (χ0) is 31.0. The molecule has 4 aromatic rings. The summed E-state index contributed by atoms with van der Waals surface area (Å²) in [6.45, 7) is 5.05. The maximum Gasteiger partial charge on any atom is 0.224 e. The molecule has 0 aliphatic rings. The SMILES string of the molecule is COc1ccc(CNc2nc(Cl)ncc2COc2ccc(C(C)(C)c3cc(Cl)c(OCCCl)c(C#N)c3)cc2)c(OC)c1. The first kappa shape index (κ1) is 32.0. The number of anilines is 1. The smallest absolute Gasteiger partial charge is 0.224 e. The molecule has 43 heavy (non-hydrogen) atoms. The summed E-state index contributed by atoms with van der Waals surface area (Å²) in [5, 5.41) is 13.5. The van der Waals surface area contributed by atoms with Crippen LogP contribution >= 0.6 is 34.8 Å². The summed E-state index contributed by atoms with van der Waals surface area (Å²) in [5.41, 5.74) is 3.45. The van der Waals surface area contributed by atoms with Crippen molar-refractivity contribution in [3.8, 4) is 29.1 Å². The lowest BCUT2D eigenvalue weighted by Gasteiger charge is -2.27. The van der Waals surface area contributed by atoms with Gasteiger partial charge in [0.15, 0.2) is 5.75 Å². The molecule has 1 aromatic heterocycles. The number of hydrogen-bond acceptors (Lipinski definition) is 8. The van der Waals surface area contributed by atoms with Gasteiger partial charge in [-0.3, -0.25) is 0 Å². The summed E-state index contributed by atoms with van der Waals surface area (Å²) < 4.78 is 22.5. The summed E-state index contributed by atoms with van der Waals surface area (Å²) in [7, 11) is 3.22. The van der Waals surface area contributed by atoms with Gasteiger partial charge in [0.2, 0.25) is 5.28 Å². The van der Waals surface area contributed by atoms with Crippen LogP contribution in [0.4, 0.5) is 5.82 Å². The molecule has 0 amide bonds. The number of ether oxygens (including phenoxy) is 4. The van der Waals surface area contributed by atoms with Crippen molar-refractivity contribution < 1.29 is 18.9 Å². The molecular weight excluding hydrogens is 611 g/mol. The molecule has 0 aliphatic carbocycles. The number of nitrogens with one attached hydrogen (secondary N) is 1. The van der Waals surface area contributed by atoms with Crippen LogP contribution in [0, 0.1) is 11.3 Å². The first-order chi connectivity index (χ1) is 20.7. The van der Waals surface area contributed by atoms with E-state index in [1.54, 1.807) is 26.5 Å². The monoisotopic (exact) mass is 640 g/mol. The summed E-state index contributed by atoms with van der Waals surface area (Å²) in [6.07, 6.45) is 1.64. The molecular formula is C32H31Cl3N4O4. The Hall–Kier alpha value is -3.90. The molecule has 224 valence electrons. The number of alkyl halides is 1. The minimum absolute atomic E-state index is 0.123. The third kappa shape index (κ3) is 7.74. The highest BCUT2D eigenvalue weighted by atomic mass is 35.5. The average Bonchev–Trinajstić information content (AvgIpc) is 3.02. The van der Waals surface area contributed by atoms with Crippen LogP contribution in [-0.4, -0.2) is 36.7 Å². The predicted octanol–water partition coefficient (Wildman–Crippen LogP) is 7.81. The van der Waals surface area contributed by atoms with E-state index in [0.29, 0.717) is 51.8 Å². The van der Waals surface area contributed by atoms with Crippen LogP contribution in [0.15, 0.2) is 60.8 Å². The zero-order valence-corrected chi connectivity index (χ0v) is 26.5. The number of halogens is 3. The highest BCUT2D eigenvalue weighted by Crippen LogP contribution is 2.38. The van der Waals surface area contributed by atoms with Crippen LogP contribution in [-0.2, 0) is 18.6 Å². The summed E-state index contributed by atoms with van der Waals surface area (Å²) in [4.78, 5) is 8.49. The Kier molecular flexibility index (Phi) is 10.8. The maximum atomic E-state index is 9.69. The highest BCUT2D eigenvalue weighted by Gasteiger charge is 2.26. The van der Waals surface area contributed by atoms with Gasteiger partial charge in [0.1, 0.15) is 42.3 Å². The van der Waals surface area contributed by atoms with Gasteiger partial charge in [-0.15, -0.1) is 11.6 Å². The van der Waals surface area contributed by atoms with Crippen molar-refractivity contribution in [3.05, 3.63) is 98.9 Å². The molecule has 0 spiro atoms. The van der Waals surface area contributed by atoms with Crippen molar-refractivity contribution in [2.45, 2.75) is 32.4 Å². The summed E-state index contributed by atoms with van der Waals surface area (Å²) in [5.74, 6) is 3.25. The number of nitrogens with zero attached hydrogens (tertiary/aromatic N) is 3. The van der Waals surface area contributed by atoms with E-state index in [0.717, 1.165) is 22.3 Å². The third-order valence-corrected chi connectivity index (χ3v) is 7.57. The van der Waals surface area contributed by atoms with Gasteiger partial charge < -0.3 is 24.3 Å². The first-order valence-corrected chi connectivity index (χ1v) is 14.6. The molecule has 0 unspecified atom stereocenters. The van der Waals surface area contributed by atoms with E-state index in [9.17, 15) is 5.26 Å². The molecule has 0 saturated carbocycles. The molecule has 1 N–H and O–H groups in total. The fourth-order valence-electron chi connectivity index (χ4n) is 4.44. The molecule has 4 rings (SSSR count). The van der Waals surface area contributed by atoms with E-state index in [-0.39, 0.29) is 18.5 Å². The Bertz CT molecular complexity index is 1610. The minimum Gasteiger partial charge on any atom is -0.497 e. The van der Waals surface area contributed by atoms with E-state index in [2.05, 4.69) is 35.2 Å². The Balaban J connectivity index is 1.47. The lowest BCUT2D eigenvalue weighted by Crippen LogP contribution is -2.19. The zero-order valence-electron chi connectivity index (χ0n) is 24.2. The number of rotatable bonds is 13. The van der Waals surface area contributed by atoms with Gasteiger partial charge >= 0.3 is 0 Å². The van der Waals surface area contributed by atoms with E-state index in [1.165, 1.54) is 0 Å². The second kappa shape index (κ2) is 14.5. The van der Waals surface area contributed by atoms with Crippen molar-refractivity contribution in [2.24, 2.45) is 0 Å². The maximum absolute atomic E-state index is 9.69. The summed E-state index contributed by atoms with van der Waals surface area (Å²) in [6, 6.07) is 19.2. The van der Waals surface area contributed by atoms with Gasteiger partial charge in [-0.05, 0) is 59.1 Å². The molecule has 0 aliphatic heterocycles. The summed E-state index contributed by atoms with van der Waals surface area (Å²) >= 11 is 18.3. The van der Waals surface area contributed by atoms with Crippen LogP contribution in [0.5, 0.6) is 23.0 Å². The second-order valence-corrected chi connectivity index (χ2v) is 11.1. The van der Waals surface area contributed by atoms with Gasteiger partial charge in [0.05, 0.1) is 36.2 Å². The van der Waals surface area contributed by atoms with Crippen LogP contribution in [0.2, 0.25) is 10.3 Å². The van der Waals surface area contributed by atoms with Crippen molar-refractivity contribution in [3.63, 3.8) is 0 Å². The molecule has 8 nitrogen and oxygen atoms in total. The van der Waals surface area contributed by atoms with E-state index < -0.39 is 5.41 Å². The second-order valence-electron chi connectivity index (χ2n) is 9.97. The van der Waals surface area contributed by atoms with Crippen LogP contribution in [0.3, 0.4) is 0 Å². The largest absolute Gasteiger partial charge is 0.497 e. The van der Waals surface area contributed by atoms with Gasteiger partial charge in [0, 0.05) is 29.8 Å². The molecule has 0 bridgehead atoms. The lowest BCUT2D eigenvalue weighted by atomic mass is 9.77. The number of methoxy groups -OCH3 is 2. The van der Waals surface area contributed by atoms with Gasteiger partial charge in [-0.1, -0.05) is 37.6 Å². The number of nitriles is 1. The fourth-order valence-corrected chi connectivity index (χ4v) is 4.93. The quantitative estimate of drug-likeness (QED) is 0.117. The normalized spacial score (nSPS) is 11.0. The Labute approximate surface area is 266 Å². The topological polar surface area (TPSA) is 98.5 Å². The van der Waals surface area contributed by atoms with Gasteiger partial charge in [-0.2, -0.15) is 5.26 Å². The average molecular weight is 642 g/mol. The van der Waals surface area contributed by atoms with Gasteiger partial charge in [-0.25, -0.2) is 9.97 Å². The molecule has 0 radical (unpaired) electrons. The number of hydrogen-bond donors (Lipinski definition) is 1. The fraction of sp³-hybridized carbons (Fsp3) is 0.281. The number of benzene rings is 3. The third-order valence-electron chi connectivity index (χ3n) is 6.96. The van der Waals surface area contributed by atoms with E-state index in [4.69, 9.17) is 53.8 Å². The highest BCUT2D eigenvalue weighted by molar-refractivity contribution is 6.32. The van der Waals surface area contributed by atoms with Crippen LogP contribution in [0.25, 0.3) is 0 Å². The van der Waals surface area contributed by atoms with Crippen LogP contribution in [0.1, 0.15) is 41.7 Å². The molecule has 0 saturated heterocycles. The Morgan fingerprint density at radius 3 is 2.33 bits per heavy atom. The van der Waals surface area contributed by atoms with Crippen molar-refractivity contribution in [1.82, 2.24) is 9.97 Å². The standard InChI is InChI=1S/C32H31Cl3N4O4/c1-32(2,24-13-21(16-36)29(27(34)14-24)42-12-11-33)23-6-9-25(10-7-23)43-19-22-18-38-31(35)39-30(22)37-17-20-5-8-26(40-3)15-28(20)41-4/h5-10,13-15,18H,11-12,17,19H2,1-4H3,(H,37,38,39). The van der Waals surface area contributed by atoms with Crippen molar-refractivity contribution in [1.29, 1.82) is 5.26 Å². The van der Waals surface area contributed by atoms with Crippen LogP contribution < -0.4 is 24.3 Å². The molecule has 0 fully saturated rings. The predicted molar refractivity (Wildman–Crippen MR) is 169 cm³/mol. The Morgan fingerprint density at radius 1 is 0.907 bits per heavy atom. The van der Waals surface area contributed by atoms with E-state index in [1.807, 2.05) is 48.5 Å². The lowest BCUT2D eigenvalue weighted by molar-refractivity contribution is 0.305. The van der Waals surface area contributed by atoms with Gasteiger partial charge in [0.25, 0.3) is 0 Å². The van der Waals surface area contributed by atoms with Crippen molar-refractivity contribution >= 4 is 40.6 Å². The minimum atomic E-state index is -0.456. The first-order valence-electron chi connectivity index (χ1n) is 13.3. The Morgan fingerprint density at radius 2 is 1.65 bits per heavy atom. The molecule has 0 atom stereocenters. The molecule has 1 heterocycles. The molecule has 11 heteroatoms. The molecule has 3 aromatic carbocycles.